The second-order valence-electron chi connectivity index (χ2n) is 6.12. The molecular formula is C21H24N2O4. The molecule has 2 aromatic rings. The average molecular weight is 368 g/mol. The smallest absolute Gasteiger partial charge is 0.328 e. The molecule has 1 atom stereocenters. The molecule has 1 unspecified atom stereocenters. The molecule has 0 aliphatic rings. The minimum absolute atomic E-state index is 0.00127. The van der Waals surface area contributed by atoms with E-state index in [1.165, 1.54) is 7.11 Å². The number of aromatic nitrogens is 1. The summed E-state index contributed by atoms with van der Waals surface area (Å²) in [7, 11) is 1.28. The Hall–Kier alpha value is -3.15. The summed E-state index contributed by atoms with van der Waals surface area (Å²) >= 11 is 0. The number of ether oxygens (including phenoxy) is 1. The lowest BCUT2D eigenvalue weighted by Gasteiger charge is -2.11. The number of allylic oxidation sites excluding steroid dienone is 1. The van der Waals surface area contributed by atoms with Crippen molar-refractivity contribution in [2.45, 2.75) is 32.4 Å². The Balaban J connectivity index is 1.88. The van der Waals surface area contributed by atoms with Gasteiger partial charge in [-0.3, -0.25) is 9.59 Å². The molecule has 142 valence electrons. The normalized spacial score (nSPS) is 11.9. The molecule has 1 aromatic heterocycles. The number of unbranched alkanes of at least 4 members (excludes halogenated alkanes) is 1. The zero-order chi connectivity index (χ0) is 19.6. The summed E-state index contributed by atoms with van der Waals surface area (Å²) in [5.41, 5.74) is 1.37. The first-order valence-electron chi connectivity index (χ1n) is 8.82. The van der Waals surface area contributed by atoms with Crippen LogP contribution in [-0.2, 0) is 16.1 Å². The van der Waals surface area contributed by atoms with Crippen molar-refractivity contribution in [2.24, 2.45) is 0 Å². The molecule has 2 rings (SSSR count). The Morgan fingerprint density at radius 2 is 2.04 bits per heavy atom. The van der Waals surface area contributed by atoms with Gasteiger partial charge in [0.05, 0.1) is 7.11 Å². The molecule has 6 nitrogen and oxygen atoms in total. The van der Waals surface area contributed by atoms with Crippen LogP contribution in [0.3, 0.4) is 0 Å². The topological polar surface area (TPSA) is 77.4 Å². The summed E-state index contributed by atoms with van der Waals surface area (Å²) < 4.78 is 6.28. The van der Waals surface area contributed by atoms with Crippen molar-refractivity contribution in [3.63, 3.8) is 0 Å². The van der Waals surface area contributed by atoms with Crippen LogP contribution in [0.2, 0.25) is 0 Å². The van der Waals surface area contributed by atoms with Gasteiger partial charge in [-0.2, -0.15) is 0 Å². The maximum absolute atomic E-state index is 12.2. The largest absolute Gasteiger partial charge is 0.467 e. The first-order chi connectivity index (χ1) is 13.0. The van der Waals surface area contributed by atoms with Crippen LogP contribution < -0.4 is 10.9 Å². The summed E-state index contributed by atoms with van der Waals surface area (Å²) in [6.07, 6.45) is 7.40. The van der Waals surface area contributed by atoms with Crippen molar-refractivity contribution < 1.29 is 14.3 Å². The van der Waals surface area contributed by atoms with Crippen LogP contribution in [0.5, 0.6) is 0 Å². The van der Waals surface area contributed by atoms with Crippen molar-refractivity contribution in [1.29, 1.82) is 0 Å². The van der Waals surface area contributed by atoms with Crippen LogP contribution >= 0.6 is 0 Å². The minimum atomic E-state index is -0.705. The van der Waals surface area contributed by atoms with Gasteiger partial charge < -0.3 is 14.6 Å². The molecule has 6 heteroatoms. The van der Waals surface area contributed by atoms with Crippen molar-refractivity contribution in [1.82, 2.24) is 9.88 Å². The van der Waals surface area contributed by atoms with E-state index in [1.54, 1.807) is 48.0 Å². The van der Waals surface area contributed by atoms with E-state index in [0.29, 0.717) is 12.1 Å². The number of carbonyl (C=O) groups is 2. The molecule has 0 saturated carbocycles. The number of rotatable bonds is 8. The Morgan fingerprint density at radius 1 is 1.22 bits per heavy atom. The molecule has 27 heavy (non-hydrogen) atoms. The third-order valence-corrected chi connectivity index (χ3v) is 4.03. The van der Waals surface area contributed by atoms with E-state index in [2.05, 4.69) is 10.1 Å². The number of nitrogens with one attached hydrogen (secondary N) is 1. The number of hydrogen-bond donors (Lipinski definition) is 1. The third kappa shape index (κ3) is 6.26. The second kappa shape index (κ2) is 10.1. The fourth-order valence-corrected chi connectivity index (χ4v) is 2.54. The quantitative estimate of drug-likeness (QED) is 0.574. The summed E-state index contributed by atoms with van der Waals surface area (Å²) in [4.78, 5) is 35.2. The van der Waals surface area contributed by atoms with Gasteiger partial charge in [0.15, 0.2) is 0 Å². The van der Waals surface area contributed by atoms with Gasteiger partial charge in [-0.1, -0.05) is 30.4 Å². The summed E-state index contributed by atoms with van der Waals surface area (Å²) in [6.45, 7) is 2.24. The first-order valence-corrected chi connectivity index (χ1v) is 8.82. The van der Waals surface area contributed by atoms with Crippen LogP contribution in [0, 0.1) is 0 Å². The monoisotopic (exact) mass is 368 g/mol. The lowest BCUT2D eigenvalue weighted by atomic mass is 10.1. The molecule has 1 amide bonds. The Labute approximate surface area is 158 Å². The summed E-state index contributed by atoms with van der Waals surface area (Å²) in [6, 6.07) is 11.6. The molecule has 1 aromatic carbocycles. The van der Waals surface area contributed by atoms with Crippen molar-refractivity contribution in [2.75, 3.05) is 7.11 Å². The van der Waals surface area contributed by atoms with Crippen LogP contribution in [0.1, 0.15) is 35.7 Å². The fourth-order valence-electron chi connectivity index (χ4n) is 2.54. The number of amides is 1. The third-order valence-electron chi connectivity index (χ3n) is 4.03. The van der Waals surface area contributed by atoms with Gasteiger partial charge in [-0.15, -0.1) is 0 Å². The summed E-state index contributed by atoms with van der Waals surface area (Å²) in [5.74, 6) is -0.816. The number of benzene rings is 1. The van der Waals surface area contributed by atoms with E-state index in [4.69, 9.17) is 0 Å². The van der Waals surface area contributed by atoms with E-state index in [-0.39, 0.29) is 11.5 Å². The Kier molecular flexibility index (Phi) is 7.55. The van der Waals surface area contributed by atoms with Crippen LogP contribution in [0.25, 0.3) is 6.08 Å². The lowest BCUT2D eigenvalue weighted by molar-refractivity contribution is -0.142. The number of hydrogen-bond acceptors (Lipinski definition) is 4. The fraction of sp³-hybridized carbons (Fsp3) is 0.286. The van der Waals surface area contributed by atoms with E-state index in [1.807, 2.05) is 24.3 Å². The second-order valence-corrected chi connectivity index (χ2v) is 6.12. The van der Waals surface area contributed by atoms with Gasteiger partial charge in [0.25, 0.3) is 5.91 Å². The highest BCUT2D eigenvalue weighted by molar-refractivity contribution is 5.97. The van der Waals surface area contributed by atoms with Crippen LogP contribution in [0.4, 0.5) is 0 Å². The predicted molar refractivity (Wildman–Crippen MR) is 104 cm³/mol. The van der Waals surface area contributed by atoms with Crippen LogP contribution in [0.15, 0.2) is 59.5 Å². The standard InChI is InChI=1S/C21H24N2O4/c1-16(21(26)27-2)22-20(25)18-11-8-10-17(15-18)9-4-3-6-13-23-14-7-5-12-19(23)24/h4-5,7-12,14-16H,3,6,13H2,1-2H3,(H,22,25)/b9-4+. The van der Waals surface area contributed by atoms with Crippen LogP contribution in [-0.4, -0.2) is 29.6 Å². The molecule has 1 heterocycles. The molecule has 0 aliphatic carbocycles. The van der Waals surface area contributed by atoms with E-state index >= 15 is 0 Å². The van der Waals surface area contributed by atoms with Crippen molar-refractivity contribution >= 4 is 18.0 Å². The van der Waals surface area contributed by atoms with Gasteiger partial charge in [-0.05, 0) is 43.5 Å². The molecule has 0 spiro atoms. The number of methoxy groups -OCH3 is 1. The first kappa shape index (κ1) is 20.2. The van der Waals surface area contributed by atoms with Gasteiger partial charge in [-0.25, -0.2) is 4.79 Å². The lowest BCUT2D eigenvalue weighted by Crippen LogP contribution is -2.39. The predicted octanol–water partition coefficient (Wildman–Crippen LogP) is 2.63. The number of esters is 1. The highest BCUT2D eigenvalue weighted by Gasteiger charge is 2.16. The Bertz CT molecular complexity index is 870. The molecule has 0 aliphatic heterocycles. The highest BCUT2D eigenvalue weighted by atomic mass is 16.5. The average Bonchev–Trinajstić information content (AvgIpc) is 2.68. The molecular weight excluding hydrogens is 344 g/mol. The number of pyridine rings is 1. The maximum Gasteiger partial charge on any atom is 0.328 e. The van der Waals surface area contributed by atoms with E-state index in [9.17, 15) is 14.4 Å². The SMILES string of the molecule is COC(=O)C(C)NC(=O)c1cccc(/C=C/CCCn2ccccc2=O)c1. The van der Waals surface area contributed by atoms with Gasteiger partial charge in [0.1, 0.15) is 6.04 Å². The van der Waals surface area contributed by atoms with Gasteiger partial charge in [0.2, 0.25) is 5.56 Å². The Morgan fingerprint density at radius 3 is 2.78 bits per heavy atom. The number of carbonyl (C=O) groups excluding carboxylic acids is 2. The number of nitrogens with zero attached hydrogens (tertiary/aromatic N) is 1. The molecule has 0 saturated heterocycles. The van der Waals surface area contributed by atoms with Crippen molar-refractivity contribution in [3.8, 4) is 0 Å². The van der Waals surface area contributed by atoms with Gasteiger partial charge in [0, 0.05) is 24.4 Å². The summed E-state index contributed by atoms with van der Waals surface area (Å²) in [5, 5.41) is 2.60. The molecule has 1 N–H and O–H groups in total. The zero-order valence-electron chi connectivity index (χ0n) is 15.6. The maximum atomic E-state index is 12.2. The molecule has 0 bridgehead atoms. The minimum Gasteiger partial charge on any atom is -0.467 e. The number of aryl methyl sites for hydroxylation is 1. The van der Waals surface area contributed by atoms with E-state index in [0.717, 1.165) is 18.4 Å². The zero-order valence-corrected chi connectivity index (χ0v) is 15.6. The van der Waals surface area contributed by atoms with Crippen molar-refractivity contribution in [3.05, 3.63) is 76.2 Å². The van der Waals surface area contributed by atoms with Gasteiger partial charge >= 0.3 is 5.97 Å². The van der Waals surface area contributed by atoms with E-state index < -0.39 is 12.0 Å². The molecule has 0 radical (unpaired) electrons. The highest BCUT2D eigenvalue weighted by Crippen LogP contribution is 2.09. The molecule has 0 fully saturated rings.